The van der Waals surface area contributed by atoms with Crippen molar-refractivity contribution in [2.24, 2.45) is 5.73 Å². The van der Waals surface area contributed by atoms with Gasteiger partial charge in [0.15, 0.2) is 0 Å². The monoisotopic (exact) mass is 266 g/mol. The van der Waals surface area contributed by atoms with Gasteiger partial charge < -0.3 is 5.73 Å². The van der Waals surface area contributed by atoms with Gasteiger partial charge >= 0.3 is 0 Å². The van der Waals surface area contributed by atoms with E-state index in [9.17, 15) is 8.42 Å². The van der Waals surface area contributed by atoms with E-state index in [2.05, 4.69) is 13.8 Å². The summed E-state index contributed by atoms with van der Waals surface area (Å²) in [5.74, 6) is 1.13. The molecular formula is C10H22N2O2S2. The molecule has 1 saturated heterocycles. The lowest BCUT2D eigenvalue weighted by Crippen LogP contribution is -2.46. The summed E-state index contributed by atoms with van der Waals surface area (Å²) in [5.41, 5.74) is 5.37. The molecule has 2 N–H and O–H groups in total. The first-order chi connectivity index (χ1) is 7.37. The zero-order valence-electron chi connectivity index (χ0n) is 10.1. The minimum atomic E-state index is -3.06. The molecule has 0 amide bonds. The van der Waals surface area contributed by atoms with Crippen molar-refractivity contribution in [1.29, 1.82) is 0 Å². The van der Waals surface area contributed by atoms with Crippen molar-refractivity contribution in [3.63, 3.8) is 0 Å². The number of hydrogen-bond acceptors (Lipinski definition) is 4. The fourth-order valence-corrected chi connectivity index (χ4v) is 4.79. The molecule has 1 aliphatic rings. The van der Waals surface area contributed by atoms with Crippen LogP contribution in [0, 0.1) is 0 Å². The SMILES string of the molecule is CC1(C)CN(S(=O)(=O)CCCCN)CCS1. The molecule has 0 aliphatic carbocycles. The summed E-state index contributed by atoms with van der Waals surface area (Å²) in [6, 6.07) is 0. The topological polar surface area (TPSA) is 63.4 Å². The summed E-state index contributed by atoms with van der Waals surface area (Å²) in [6.07, 6.45) is 1.45. The smallest absolute Gasteiger partial charge is 0.214 e. The standard InChI is InChI=1S/C10H22N2O2S2/c1-10(2)9-12(6-7-15-10)16(13,14)8-4-3-5-11/h3-9,11H2,1-2H3. The van der Waals surface area contributed by atoms with E-state index in [1.165, 1.54) is 0 Å². The molecule has 1 fully saturated rings. The van der Waals surface area contributed by atoms with Gasteiger partial charge in [0.2, 0.25) is 10.0 Å². The van der Waals surface area contributed by atoms with Gasteiger partial charge in [0.1, 0.15) is 0 Å². The van der Waals surface area contributed by atoms with E-state index < -0.39 is 10.0 Å². The summed E-state index contributed by atoms with van der Waals surface area (Å²) in [7, 11) is -3.06. The van der Waals surface area contributed by atoms with E-state index in [4.69, 9.17) is 5.73 Å². The number of thioether (sulfide) groups is 1. The zero-order valence-corrected chi connectivity index (χ0v) is 11.7. The van der Waals surface area contributed by atoms with Gasteiger partial charge in [-0.3, -0.25) is 0 Å². The van der Waals surface area contributed by atoms with Crippen LogP contribution in [0.5, 0.6) is 0 Å². The van der Waals surface area contributed by atoms with Gasteiger partial charge in [-0.2, -0.15) is 16.1 Å². The Morgan fingerprint density at radius 2 is 2.06 bits per heavy atom. The van der Waals surface area contributed by atoms with E-state index in [0.717, 1.165) is 12.2 Å². The predicted octanol–water partition coefficient (Wildman–Crippen LogP) is 0.883. The normalized spacial score (nSPS) is 22.2. The van der Waals surface area contributed by atoms with Crippen molar-refractivity contribution in [2.45, 2.75) is 31.4 Å². The first-order valence-corrected chi connectivity index (χ1v) is 8.29. The summed E-state index contributed by atoms with van der Waals surface area (Å²) >= 11 is 1.84. The van der Waals surface area contributed by atoms with E-state index in [0.29, 0.717) is 26.1 Å². The molecule has 0 saturated carbocycles. The van der Waals surface area contributed by atoms with Crippen molar-refractivity contribution in [3.05, 3.63) is 0 Å². The molecule has 0 unspecified atom stereocenters. The third kappa shape index (κ3) is 4.24. The average Bonchev–Trinajstić information content (AvgIpc) is 2.16. The third-order valence-electron chi connectivity index (χ3n) is 2.64. The fourth-order valence-electron chi connectivity index (χ4n) is 1.77. The molecule has 1 aliphatic heterocycles. The van der Waals surface area contributed by atoms with Gasteiger partial charge in [-0.1, -0.05) is 0 Å². The Morgan fingerprint density at radius 3 is 2.62 bits per heavy atom. The molecule has 0 aromatic heterocycles. The van der Waals surface area contributed by atoms with Crippen molar-refractivity contribution in [2.75, 3.05) is 31.1 Å². The second-order valence-electron chi connectivity index (χ2n) is 4.75. The Morgan fingerprint density at radius 1 is 1.38 bits per heavy atom. The lowest BCUT2D eigenvalue weighted by molar-refractivity contribution is 0.387. The van der Waals surface area contributed by atoms with Crippen molar-refractivity contribution < 1.29 is 8.42 Å². The minimum absolute atomic E-state index is 0.0409. The number of hydrogen-bond donors (Lipinski definition) is 1. The molecule has 16 heavy (non-hydrogen) atoms. The predicted molar refractivity (Wildman–Crippen MR) is 70.2 cm³/mol. The molecule has 96 valence electrons. The first-order valence-electron chi connectivity index (χ1n) is 5.69. The number of unbranched alkanes of at least 4 members (excludes halogenated alkanes) is 1. The van der Waals surface area contributed by atoms with Crippen LogP contribution in [-0.2, 0) is 10.0 Å². The number of rotatable bonds is 5. The second-order valence-corrected chi connectivity index (χ2v) is 8.64. The molecule has 0 aromatic rings. The summed E-state index contributed by atoms with van der Waals surface area (Å²) in [5, 5.41) is 0. The summed E-state index contributed by atoms with van der Waals surface area (Å²) < 4.78 is 25.7. The van der Waals surface area contributed by atoms with Crippen LogP contribution in [0.25, 0.3) is 0 Å². The molecule has 0 atom stereocenters. The largest absolute Gasteiger partial charge is 0.330 e. The van der Waals surface area contributed by atoms with Gasteiger partial charge in [-0.15, -0.1) is 0 Å². The zero-order chi connectivity index (χ0) is 12.2. The Labute approximate surface area is 103 Å². The highest BCUT2D eigenvalue weighted by atomic mass is 32.2. The molecule has 0 spiro atoms. The van der Waals surface area contributed by atoms with Crippen LogP contribution in [0.2, 0.25) is 0 Å². The van der Waals surface area contributed by atoms with Crippen molar-refractivity contribution in [3.8, 4) is 0 Å². The summed E-state index contributed by atoms with van der Waals surface area (Å²) in [4.78, 5) is 0. The summed E-state index contributed by atoms with van der Waals surface area (Å²) in [6.45, 7) is 6.04. The molecule has 6 heteroatoms. The van der Waals surface area contributed by atoms with Crippen LogP contribution in [0.3, 0.4) is 0 Å². The molecule has 4 nitrogen and oxygen atoms in total. The minimum Gasteiger partial charge on any atom is -0.330 e. The maximum absolute atomic E-state index is 12.0. The Balaban J connectivity index is 2.54. The second kappa shape index (κ2) is 5.71. The number of nitrogens with two attached hydrogens (primary N) is 1. The first kappa shape index (κ1) is 14.3. The van der Waals surface area contributed by atoms with Crippen molar-refractivity contribution in [1.82, 2.24) is 4.31 Å². The van der Waals surface area contributed by atoms with Gasteiger partial charge in [-0.05, 0) is 33.2 Å². The van der Waals surface area contributed by atoms with Gasteiger partial charge in [0.25, 0.3) is 0 Å². The van der Waals surface area contributed by atoms with E-state index in [1.54, 1.807) is 4.31 Å². The Kier molecular flexibility index (Phi) is 5.10. The van der Waals surface area contributed by atoms with Crippen LogP contribution >= 0.6 is 11.8 Å². The third-order valence-corrected chi connectivity index (χ3v) is 5.84. The van der Waals surface area contributed by atoms with E-state index in [-0.39, 0.29) is 10.5 Å². The molecule has 1 heterocycles. The van der Waals surface area contributed by atoms with Crippen LogP contribution in [0.1, 0.15) is 26.7 Å². The lowest BCUT2D eigenvalue weighted by atomic mass is 10.2. The molecule has 0 aromatic carbocycles. The maximum Gasteiger partial charge on any atom is 0.214 e. The molecule has 0 bridgehead atoms. The van der Waals surface area contributed by atoms with Crippen molar-refractivity contribution >= 4 is 21.8 Å². The van der Waals surface area contributed by atoms with Gasteiger partial charge in [-0.25, -0.2) is 8.42 Å². The van der Waals surface area contributed by atoms with Crippen LogP contribution in [0.15, 0.2) is 0 Å². The molecular weight excluding hydrogens is 244 g/mol. The Bertz CT molecular complexity index is 315. The molecule has 1 rings (SSSR count). The maximum atomic E-state index is 12.0. The number of sulfonamides is 1. The van der Waals surface area contributed by atoms with Crippen LogP contribution in [-0.4, -0.2) is 48.6 Å². The van der Waals surface area contributed by atoms with E-state index >= 15 is 0 Å². The highest BCUT2D eigenvalue weighted by molar-refractivity contribution is 8.00. The quantitative estimate of drug-likeness (QED) is 0.750. The van der Waals surface area contributed by atoms with Crippen LogP contribution < -0.4 is 5.73 Å². The highest BCUT2D eigenvalue weighted by Crippen LogP contribution is 2.30. The van der Waals surface area contributed by atoms with Crippen LogP contribution in [0.4, 0.5) is 0 Å². The fraction of sp³-hybridized carbons (Fsp3) is 1.00. The highest BCUT2D eigenvalue weighted by Gasteiger charge is 2.33. The molecule has 0 radical (unpaired) electrons. The average molecular weight is 266 g/mol. The number of nitrogens with zero attached hydrogens (tertiary/aromatic N) is 1. The van der Waals surface area contributed by atoms with Gasteiger partial charge in [0, 0.05) is 23.6 Å². The van der Waals surface area contributed by atoms with E-state index in [1.807, 2.05) is 11.8 Å². The lowest BCUT2D eigenvalue weighted by Gasteiger charge is -2.36. The van der Waals surface area contributed by atoms with Gasteiger partial charge in [0.05, 0.1) is 5.75 Å². The Hall–Kier alpha value is 0.220.